The van der Waals surface area contributed by atoms with Gasteiger partial charge in [0.2, 0.25) is 0 Å². The quantitative estimate of drug-likeness (QED) is 0.473. The van der Waals surface area contributed by atoms with E-state index < -0.39 is 27.6 Å². The zero-order valence-electron chi connectivity index (χ0n) is 9.97. The van der Waals surface area contributed by atoms with Crippen molar-refractivity contribution in [1.29, 1.82) is 0 Å². The van der Waals surface area contributed by atoms with E-state index in [0.717, 1.165) is 12.3 Å². The predicted octanol–water partition coefficient (Wildman–Crippen LogP) is 2.32. The highest BCUT2D eigenvalue weighted by Gasteiger charge is 2.15. The Labute approximate surface area is 104 Å². The standard InChI is InChI=1S/C11H13F3O3S/c1-7-8(4-3-5-17-18(2,15)16)6-9(12)11(14)10(7)13/h6H,3-5H2,1-2H3. The van der Waals surface area contributed by atoms with Crippen LogP contribution in [0.25, 0.3) is 0 Å². The van der Waals surface area contributed by atoms with Gasteiger partial charge in [-0.2, -0.15) is 8.42 Å². The van der Waals surface area contributed by atoms with Crippen LogP contribution < -0.4 is 0 Å². The van der Waals surface area contributed by atoms with Crippen molar-refractivity contribution in [1.82, 2.24) is 0 Å². The Balaban J connectivity index is 2.69. The van der Waals surface area contributed by atoms with E-state index in [1.165, 1.54) is 6.92 Å². The molecule has 7 heteroatoms. The predicted molar refractivity (Wildman–Crippen MR) is 60.2 cm³/mol. The first kappa shape index (κ1) is 15.0. The van der Waals surface area contributed by atoms with Crippen molar-refractivity contribution in [3.8, 4) is 0 Å². The summed E-state index contributed by atoms with van der Waals surface area (Å²) < 4.78 is 64.9. The molecule has 18 heavy (non-hydrogen) atoms. The van der Waals surface area contributed by atoms with Crippen LogP contribution in [0.1, 0.15) is 17.5 Å². The molecule has 102 valence electrons. The highest BCUT2D eigenvalue weighted by Crippen LogP contribution is 2.20. The summed E-state index contributed by atoms with van der Waals surface area (Å²) in [5.41, 5.74) is 0.316. The molecular formula is C11H13F3O3S. The van der Waals surface area contributed by atoms with Crippen molar-refractivity contribution in [3.05, 3.63) is 34.6 Å². The van der Waals surface area contributed by atoms with E-state index in [-0.39, 0.29) is 25.0 Å². The third-order valence-corrected chi connectivity index (χ3v) is 3.00. The minimum absolute atomic E-state index is 0.0215. The van der Waals surface area contributed by atoms with Crippen LogP contribution in [0.3, 0.4) is 0 Å². The molecule has 0 radical (unpaired) electrons. The Hall–Kier alpha value is -1.08. The van der Waals surface area contributed by atoms with Crippen LogP contribution in [0.2, 0.25) is 0 Å². The van der Waals surface area contributed by atoms with Gasteiger partial charge in [0.15, 0.2) is 17.5 Å². The van der Waals surface area contributed by atoms with E-state index in [2.05, 4.69) is 4.18 Å². The second-order valence-corrected chi connectivity index (χ2v) is 5.54. The fourth-order valence-corrected chi connectivity index (χ4v) is 1.89. The third kappa shape index (κ3) is 3.99. The zero-order chi connectivity index (χ0) is 13.9. The van der Waals surface area contributed by atoms with E-state index in [1.807, 2.05) is 0 Å². The van der Waals surface area contributed by atoms with E-state index in [4.69, 9.17) is 0 Å². The third-order valence-electron chi connectivity index (χ3n) is 2.40. The molecule has 0 aliphatic heterocycles. The maximum atomic E-state index is 13.2. The molecule has 0 bridgehead atoms. The molecule has 0 amide bonds. The van der Waals surface area contributed by atoms with Gasteiger partial charge in [-0.25, -0.2) is 13.2 Å². The van der Waals surface area contributed by atoms with Gasteiger partial charge in [0.25, 0.3) is 10.1 Å². The number of rotatable bonds is 5. The molecule has 0 aromatic heterocycles. The SMILES string of the molecule is Cc1c(CCCOS(C)(=O)=O)cc(F)c(F)c1F. The van der Waals surface area contributed by atoms with Gasteiger partial charge in [0.05, 0.1) is 12.9 Å². The maximum Gasteiger partial charge on any atom is 0.264 e. The van der Waals surface area contributed by atoms with Gasteiger partial charge in [-0.15, -0.1) is 0 Å². The normalized spacial score (nSPS) is 11.8. The van der Waals surface area contributed by atoms with Crippen molar-refractivity contribution in [2.45, 2.75) is 19.8 Å². The molecule has 0 saturated heterocycles. The first-order chi connectivity index (χ1) is 8.22. The molecule has 0 atom stereocenters. The molecule has 1 aromatic carbocycles. The first-order valence-corrected chi connectivity index (χ1v) is 7.01. The number of hydrogen-bond acceptors (Lipinski definition) is 3. The highest BCUT2D eigenvalue weighted by atomic mass is 32.2. The summed E-state index contributed by atoms with van der Waals surface area (Å²) >= 11 is 0. The van der Waals surface area contributed by atoms with Gasteiger partial charge in [0, 0.05) is 0 Å². The Kier molecular flexibility index (Phi) is 4.75. The van der Waals surface area contributed by atoms with Crippen molar-refractivity contribution in [2.75, 3.05) is 12.9 Å². The van der Waals surface area contributed by atoms with Crippen molar-refractivity contribution >= 4 is 10.1 Å². The van der Waals surface area contributed by atoms with Crippen LogP contribution >= 0.6 is 0 Å². The van der Waals surface area contributed by atoms with Gasteiger partial charge < -0.3 is 0 Å². The van der Waals surface area contributed by atoms with Crippen molar-refractivity contribution in [3.63, 3.8) is 0 Å². The van der Waals surface area contributed by atoms with Gasteiger partial charge >= 0.3 is 0 Å². The fourth-order valence-electron chi connectivity index (χ4n) is 1.47. The summed E-state index contributed by atoms with van der Waals surface area (Å²) in [6, 6.07) is 0.911. The van der Waals surface area contributed by atoms with E-state index >= 15 is 0 Å². The monoisotopic (exact) mass is 282 g/mol. The number of halogens is 3. The number of hydrogen-bond donors (Lipinski definition) is 0. The lowest BCUT2D eigenvalue weighted by Crippen LogP contribution is -2.06. The van der Waals surface area contributed by atoms with Gasteiger partial charge in [-0.3, -0.25) is 4.18 Å². The Morgan fingerprint density at radius 3 is 2.39 bits per heavy atom. The average molecular weight is 282 g/mol. The summed E-state index contributed by atoms with van der Waals surface area (Å²) in [4.78, 5) is 0. The van der Waals surface area contributed by atoms with Crippen LogP contribution in [0.5, 0.6) is 0 Å². The topological polar surface area (TPSA) is 43.4 Å². The zero-order valence-corrected chi connectivity index (χ0v) is 10.8. The molecule has 0 aliphatic rings. The van der Waals surface area contributed by atoms with Crippen LogP contribution in [0.15, 0.2) is 6.07 Å². The van der Waals surface area contributed by atoms with Crippen LogP contribution in [-0.2, 0) is 20.7 Å². The highest BCUT2D eigenvalue weighted by molar-refractivity contribution is 7.85. The Morgan fingerprint density at radius 1 is 1.22 bits per heavy atom. The average Bonchev–Trinajstić information content (AvgIpc) is 2.26. The molecular weight excluding hydrogens is 269 g/mol. The fraction of sp³-hybridized carbons (Fsp3) is 0.455. The largest absolute Gasteiger partial charge is 0.270 e. The lowest BCUT2D eigenvalue weighted by atomic mass is 10.0. The minimum atomic E-state index is -3.52. The maximum absolute atomic E-state index is 13.2. The molecule has 0 saturated carbocycles. The summed E-state index contributed by atoms with van der Waals surface area (Å²) in [5.74, 6) is -3.96. The summed E-state index contributed by atoms with van der Waals surface area (Å²) in [6.45, 7) is 1.25. The minimum Gasteiger partial charge on any atom is -0.270 e. The summed E-state index contributed by atoms with van der Waals surface area (Å²) in [7, 11) is -3.52. The van der Waals surface area contributed by atoms with Crippen LogP contribution in [-0.4, -0.2) is 21.3 Å². The van der Waals surface area contributed by atoms with Gasteiger partial charge in [-0.05, 0) is 37.0 Å². The molecule has 0 unspecified atom stereocenters. The molecule has 0 N–H and O–H groups in total. The molecule has 0 aliphatic carbocycles. The van der Waals surface area contributed by atoms with Crippen LogP contribution in [0.4, 0.5) is 13.2 Å². The number of benzene rings is 1. The van der Waals surface area contributed by atoms with E-state index in [1.54, 1.807) is 0 Å². The molecule has 1 aromatic rings. The first-order valence-electron chi connectivity index (χ1n) is 5.19. The second kappa shape index (κ2) is 5.71. The lowest BCUT2D eigenvalue weighted by molar-refractivity contribution is 0.315. The van der Waals surface area contributed by atoms with Crippen molar-refractivity contribution < 1.29 is 25.8 Å². The van der Waals surface area contributed by atoms with E-state index in [9.17, 15) is 21.6 Å². The lowest BCUT2D eigenvalue weighted by Gasteiger charge is -2.08. The van der Waals surface area contributed by atoms with Gasteiger partial charge in [-0.1, -0.05) is 0 Å². The smallest absolute Gasteiger partial charge is 0.264 e. The molecule has 0 fully saturated rings. The molecule has 0 heterocycles. The number of aryl methyl sites for hydroxylation is 1. The molecule has 3 nitrogen and oxygen atoms in total. The van der Waals surface area contributed by atoms with Crippen LogP contribution in [0, 0.1) is 24.4 Å². The second-order valence-electron chi connectivity index (χ2n) is 3.90. The Morgan fingerprint density at radius 2 is 1.83 bits per heavy atom. The summed E-state index contributed by atoms with van der Waals surface area (Å²) in [5, 5.41) is 0. The molecule has 0 spiro atoms. The van der Waals surface area contributed by atoms with Crippen molar-refractivity contribution in [2.24, 2.45) is 0 Å². The Bertz CT molecular complexity index is 541. The molecule has 1 rings (SSSR count). The summed E-state index contributed by atoms with van der Waals surface area (Å²) in [6.07, 6.45) is 1.38. The van der Waals surface area contributed by atoms with E-state index in [0.29, 0.717) is 5.56 Å². The van der Waals surface area contributed by atoms with Gasteiger partial charge in [0.1, 0.15) is 0 Å².